The molecule has 1 saturated carbocycles. The van der Waals surface area contributed by atoms with Crippen molar-refractivity contribution in [3.8, 4) is 0 Å². The largest absolute Gasteiger partial charge is 0.412 e. The lowest BCUT2D eigenvalue weighted by Gasteiger charge is -2.16. The number of carbonyl (C=O) groups is 1. The first-order valence-electron chi connectivity index (χ1n) is 9.27. The molecule has 1 heterocycles. The summed E-state index contributed by atoms with van der Waals surface area (Å²) < 4.78 is 68.0. The molecule has 0 bridgehead atoms. The van der Waals surface area contributed by atoms with Crippen molar-refractivity contribution in [3.05, 3.63) is 64.9 Å². The zero-order valence-electron chi connectivity index (χ0n) is 15.2. The van der Waals surface area contributed by atoms with E-state index >= 15 is 0 Å². The Morgan fingerprint density at radius 3 is 2.41 bits per heavy atom. The molecule has 0 spiro atoms. The second-order valence-corrected chi connectivity index (χ2v) is 7.37. The van der Waals surface area contributed by atoms with E-state index in [4.69, 9.17) is 0 Å². The van der Waals surface area contributed by atoms with Crippen molar-refractivity contribution in [2.45, 2.75) is 31.9 Å². The van der Waals surface area contributed by atoms with Crippen LogP contribution in [0.4, 0.5) is 27.8 Å². The highest BCUT2D eigenvalue weighted by molar-refractivity contribution is 6.04. The summed E-state index contributed by atoms with van der Waals surface area (Å²) >= 11 is 0. The van der Waals surface area contributed by atoms with Gasteiger partial charge >= 0.3 is 6.18 Å². The Kier molecular flexibility index (Phi) is 4.88. The first-order chi connectivity index (χ1) is 13.8. The quantitative estimate of drug-likeness (QED) is 0.658. The molecule has 8 heteroatoms. The minimum atomic E-state index is -4.39. The van der Waals surface area contributed by atoms with Crippen LogP contribution in [0.15, 0.2) is 42.1 Å². The summed E-state index contributed by atoms with van der Waals surface area (Å²) in [7, 11) is 0. The summed E-state index contributed by atoms with van der Waals surface area (Å²) in [6.45, 7) is 0. The van der Waals surface area contributed by atoms with Crippen LogP contribution in [-0.2, 0) is 0 Å². The highest BCUT2D eigenvalue weighted by Crippen LogP contribution is 2.55. The monoisotopic (exact) mass is 408 g/mol. The highest BCUT2D eigenvalue weighted by Gasteiger charge is 2.47. The van der Waals surface area contributed by atoms with Crippen LogP contribution in [0, 0.1) is 23.5 Å². The van der Waals surface area contributed by atoms with Crippen LogP contribution in [0.25, 0.3) is 5.57 Å². The number of hydrogen-bond acceptors (Lipinski definition) is 2. The maximum absolute atomic E-state index is 13.7. The van der Waals surface area contributed by atoms with E-state index in [1.807, 2.05) is 0 Å². The van der Waals surface area contributed by atoms with Crippen LogP contribution in [0.2, 0.25) is 0 Å². The normalized spacial score (nSPS) is 21.4. The fraction of sp³-hybridized carbons (Fsp3) is 0.333. The molecule has 2 aliphatic carbocycles. The Morgan fingerprint density at radius 2 is 1.79 bits per heavy atom. The van der Waals surface area contributed by atoms with Gasteiger partial charge in [-0.2, -0.15) is 13.2 Å². The van der Waals surface area contributed by atoms with E-state index in [2.05, 4.69) is 10.3 Å². The molecule has 1 aromatic carbocycles. The summed E-state index contributed by atoms with van der Waals surface area (Å²) in [4.78, 5) is 16.1. The van der Waals surface area contributed by atoms with Crippen molar-refractivity contribution in [1.82, 2.24) is 4.98 Å². The average molecular weight is 408 g/mol. The van der Waals surface area contributed by atoms with Gasteiger partial charge in [-0.05, 0) is 66.5 Å². The predicted molar refractivity (Wildman–Crippen MR) is 97.0 cm³/mol. The van der Waals surface area contributed by atoms with E-state index in [-0.39, 0.29) is 29.6 Å². The van der Waals surface area contributed by atoms with Crippen LogP contribution < -0.4 is 5.32 Å². The molecule has 0 radical (unpaired) electrons. The second-order valence-electron chi connectivity index (χ2n) is 7.37. The van der Waals surface area contributed by atoms with Gasteiger partial charge in [0.2, 0.25) is 0 Å². The standard InChI is InChI=1S/C21H17F5N2O/c22-15-5-2-6-16(23)19(15)20(29)28-17-8-7-12(10-27-17)18-13-4-1-3-11(13)9-14(18)21(24,25)26/h2,5-8,10-11,13H,1,3-4,9H2,(H,27,28,29). The molecular weight excluding hydrogens is 391 g/mol. The molecule has 1 fully saturated rings. The Hall–Kier alpha value is -2.77. The summed E-state index contributed by atoms with van der Waals surface area (Å²) in [6.07, 6.45) is -0.702. The molecule has 2 aromatic rings. The van der Waals surface area contributed by atoms with E-state index in [9.17, 15) is 26.7 Å². The van der Waals surface area contributed by atoms with Gasteiger partial charge in [-0.3, -0.25) is 4.79 Å². The van der Waals surface area contributed by atoms with E-state index in [0.29, 0.717) is 12.0 Å². The number of nitrogens with zero attached hydrogens (tertiary/aromatic N) is 1. The van der Waals surface area contributed by atoms with Crippen molar-refractivity contribution >= 4 is 17.3 Å². The number of allylic oxidation sites excluding steroid dienone is 2. The molecule has 29 heavy (non-hydrogen) atoms. The Labute approximate surface area is 163 Å². The molecule has 2 unspecified atom stereocenters. The van der Waals surface area contributed by atoms with Crippen LogP contribution in [0.1, 0.15) is 41.6 Å². The zero-order chi connectivity index (χ0) is 20.8. The molecule has 3 nitrogen and oxygen atoms in total. The molecule has 0 aliphatic heterocycles. The molecule has 4 rings (SSSR count). The van der Waals surface area contributed by atoms with Crippen LogP contribution >= 0.6 is 0 Å². The number of fused-ring (bicyclic) bond motifs is 1. The van der Waals surface area contributed by atoms with Crippen LogP contribution in [0.3, 0.4) is 0 Å². The summed E-state index contributed by atoms with van der Waals surface area (Å²) in [6, 6.07) is 5.85. The van der Waals surface area contributed by atoms with Crippen LogP contribution in [0.5, 0.6) is 0 Å². The topological polar surface area (TPSA) is 42.0 Å². The van der Waals surface area contributed by atoms with Crippen molar-refractivity contribution in [1.29, 1.82) is 0 Å². The Bertz CT molecular complexity index is 961. The second kappa shape index (κ2) is 7.24. The van der Waals surface area contributed by atoms with E-state index < -0.39 is 34.9 Å². The number of pyridine rings is 1. The fourth-order valence-electron chi connectivity index (χ4n) is 4.43. The maximum Gasteiger partial charge on any atom is 0.412 e. The van der Waals surface area contributed by atoms with Gasteiger partial charge in [0, 0.05) is 11.8 Å². The Morgan fingerprint density at radius 1 is 1.07 bits per heavy atom. The number of carbonyl (C=O) groups excluding carboxylic acids is 1. The minimum Gasteiger partial charge on any atom is -0.306 e. The number of halogens is 5. The lowest BCUT2D eigenvalue weighted by atomic mass is 9.91. The number of hydrogen-bond donors (Lipinski definition) is 1. The zero-order valence-corrected chi connectivity index (χ0v) is 15.2. The van der Waals surface area contributed by atoms with E-state index in [1.54, 1.807) is 0 Å². The number of nitrogens with one attached hydrogen (secondary N) is 1. The predicted octanol–water partition coefficient (Wildman–Crippen LogP) is 5.75. The third kappa shape index (κ3) is 3.63. The first kappa shape index (κ1) is 19.5. The SMILES string of the molecule is O=C(Nc1ccc(C2=C(C(F)(F)F)CC3CCCC23)cn1)c1c(F)cccc1F. The summed E-state index contributed by atoms with van der Waals surface area (Å²) in [5, 5.41) is 2.28. The lowest BCUT2D eigenvalue weighted by molar-refractivity contribution is -0.0933. The molecule has 2 atom stereocenters. The number of aromatic nitrogens is 1. The highest BCUT2D eigenvalue weighted by atomic mass is 19.4. The van der Waals surface area contributed by atoms with Gasteiger partial charge in [-0.25, -0.2) is 13.8 Å². The minimum absolute atomic E-state index is 0.00321. The van der Waals surface area contributed by atoms with Gasteiger partial charge in [-0.1, -0.05) is 12.5 Å². The number of amides is 1. The number of benzene rings is 1. The number of rotatable bonds is 3. The number of anilines is 1. The van der Waals surface area contributed by atoms with Gasteiger partial charge in [-0.15, -0.1) is 0 Å². The van der Waals surface area contributed by atoms with Gasteiger partial charge in [0.05, 0.1) is 0 Å². The van der Waals surface area contributed by atoms with Crippen molar-refractivity contribution in [2.75, 3.05) is 5.32 Å². The first-order valence-corrected chi connectivity index (χ1v) is 9.27. The third-order valence-corrected chi connectivity index (χ3v) is 5.67. The molecule has 2 aliphatic rings. The molecular formula is C21H17F5N2O. The summed E-state index contributed by atoms with van der Waals surface area (Å²) in [5.41, 5.74) is -0.600. The molecule has 152 valence electrons. The lowest BCUT2D eigenvalue weighted by Crippen LogP contribution is -2.16. The van der Waals surface area contributed by atoms with E-state index in [1.165, 1.54) is 18.3 Å². The van der Waals surface area contributed by atoms with Crippen molar-refractivity contribution < 1.29 is 26.7 Å². The van der Waals surface area contributed by atoms with Crippen molar-refractivity contribution in [3.63, 3.8) is 0 Å². The van der Waals surface area contributed by atoms with Gasteiger partial charge in [0.25, 0.3) is 5.91 Å². The molecule has 1 N–H and O–H groups in total. The fourth-order valence-corrected chi connectivity index (χ4v) is 4.43. The molecule has 1 aromatic heterocycles. The average Bonchev–Trinajstić information content (AvgIpc) is 3.23. The summed E-state index contributed by atoms with van der Waals surface area (Å²) in [5.74, 6) is -3.19. The van der Waals surface area contributed by atoms with Gasteiger partial charge < -0.3 is 5.32 Å². The third-order valence-electron chi connectivity index (χ3n) is 5.67. The van der Waals surface area contributed by atoms with Crippen LogP contribution in [-0.4, -0.2) is 17.1 Å². The molecule has 0 saturated heterocycles. The van der Waals surface area contributed by atoms with Gasteiger partial charge in [0.15, 0.2) is 0 Å². The van der Waals surface area contributed by atoms with Crippen molar-refractivity contribution in [2.24, 2.45) is 11.8 Å². The molecule has 1 amide bonds. The maximum atomic E-state index is 13.7. The Balaban J connectivity index is 1.60. The number of alkyl halides is 3. The van der Waals surface area contributed by atoms with Gasteiger partial charge in [0.1, 0.15) is 23.0 Å². The van der Waals surface area contributed by atoms with E-state index in [0.717, 1.165) is 31.0 Å². The smallest absolute Gasteiger partial charge is 0.306 e.